The zero-order chi connectivity index (χ0) is 19.3. The number of esters is 1. The van der Waals surface area contributed by atoms with Gasteiger partial charge in [0.2, 0.25) is 10.0 Å². The maximum absolute atomic E-state index is 13.9. The van der Waals surface area contributed by atoms with Crippen molar-refractivity contribution in [3.05, 3.63) is 30.1 Å². The number of hydrogen-bond acceptors (Lipinski definition) is 5. The van der Waals surface area contributed by atoms with E-state index in [0.717, 1.165) is 16.4 Å². The summed E-state index contributed by atoms with van der Waals surface area (Å²) in [4.78, 5) is 23.4. The first-order valence-corrected chi connectivity index (χ1v) is 9.87. The van der Waals surface area contributed by atoms with Gasteiger partial charge in [0.1, 0.15) is 16.8 Å². The highest BCUT2D eigenvalue weighted by Crippen LogP contribution is 2.28. The molecule has 0 saturated carbocycles. The second-order valence-electron chi connectivity index (χ2n) is 6.51. The summed E-state index contributed by atoms with van der Waals surface area (Å²) in [7, 11) is -4.17. The number of halogens is 1. The van der Waals surface area contributed by atoms with Crippen LogP contribution in [0.2, 0.25) is 0 Å². The van der Waals surface area contributed by atoms with E-state index in [1.807, 2.05) is 13.8 Å². The molecule has 0 spiro atoms. The topological polar surface area (TPSA) is 92.8 Å². The molecule has 0 aromatic heterocycles. The number of nitrogens with zero attached hydrogens (tertiary/aromatic N) is 1. The number of nitrogens with one attached hydrogen (secondary N) is 1. The molecule has 1 aromatic carbocycles. The van der Waals surface area contributed by atoms with Gasteiger partial charge in [-0.25, -0.2) is 12.8 Å². The molecule has 1 atom stereocenters. The van der Waals surface area contributed by atoms with Crippen LogP contribution in [0.4, 0.5) is 4.39 Å². The van der Waals surface area contributed by atoms with Gasteiger partial charge in [0, 0.05) is 13.1 Å². The molecule has 1 aliphatic heterocycles. The summed E-state index contributed by atoms with van der Waals surface area (Å²) in [6.45, 7) is 3.92. The van der Waals surface area contributed by atoms with Gasteiger partial charge in [0.25, 0.3) is 5.91 Å². The van der Waals surface area contributed by atoms with E-state index in [9.17, 15) is 22.4 Å². The average molecular weight is 386 g/mol. The van der Waals surface area contributed by atoms with Gasteiger partial charge in [-0.05, 0) is 30.9 Å². The van der Waals surface area contributed by atoms with Crippen LogP contribution in [-0.2, 0) is 24.3 Å². The molecule has 0 aliphatic carbocycles. The molecule has 1 heterocycles. The Bertz CT molecular complexity index is 766. The van der Waals surface area contributed by atoms with Crippen LogP contribution in [0.15, 0.2) is 29.2 Å². The monoisotopic (exact) mass is 386 g/mol. The van der Waals surface area contributed by atoms with Gasteiger partial charge in [0.15, 0.2) is 6.61 Å². The fourth-order valence-electron chi connectivity index (χ4n) is 2.65. The first kappa shape index (κ1) is 20.3. The Hall–Kier alpha value is -2.00. The lowest BCUT2D eigenvalue weighted by atomic mass is 10.2. The van der Waals surface area contributed by atoms with Crippen molar-refractivity contribution in [3.8, 4) is 0 Å². The van der Waals surface area contributed by atoms with E-state index >= 15 is 0 Å². The molecule has 1 fully saturated rings. The van der Waals surface area contributed by atoms with Gasteiger partial charge >= 0.3 is 5.97 Å². The first-order valence-electron chi connectivity index (χ1n) is 8.43. The predicted molar refractivity (Wildman–Crippen MR) is 92.1 cm³/mol. The second-order valence-corrected chi connectivity index (χ2v) is 8.37. The van der Waals surface area contributed by atoms with Crippen LogP contribution in [0.1, 0.15) is 26.7 Å². The molecule has 1 aromatic rings. The number of amides is 1. The van der Waals surface area contributed by atoms with Gasteiger partial charge in [-0.3, -0.25) is 9.59 Å². The van der Waals surface area contributed by atoms with Crippen LogP contribution in [0, 0.1) is 11.7 Å². The van der Waals surface area contributed by atoms with Crippen LogP contribution >= 0.6 is 0 Å². The van der Waals surface area contributed by atoms with Crippen molar-refractivity contribution in [3.63, 3.8) is 0 Å². The fourth-order valence-corrected chi connectivity index (χ4v) is 4.36. The van der Waals surface area contributed by atoms with E-state index < -0.39 is 45.3 Å². The summed E-state index contributed by atoms with van der Waals surface area (Å²) >= 11 is 0. The number of benzene rings is 1. The summed E-state index contributed by atoms with van der Waals surface area (Å²) in [5.41, 5.74) is 0. The molecular formula is C17H23FN2O5S. The minimum absolute atomic E-state index is 0.0932. The molecule has 144 valence electrons. The molecular weight excluding hydrogens is 363 g/mol. The average Bonchev–Trinajstić information content (AvgIpc) is 3.08. The van der Waals surface area contributed by atoms with Crippen LogP contribution in [0.25, 0.3) is 0 Å². The summed E-state index contributed by atoms with van der Waals surface area (Å²) in [5.74, 6) is -1.87. The molecule has 9 heteroatoms. The third-order valence-corrected chi connectivity index (χ3v) is 5.89. The van der Waals surface area contributed by atoms with Crippen molar-refractivity contribution in [2.45, 2.75) is 37.6 Å². The molecule has 26 heavy (non-hydrogen) atoms. The molecule has 0 unspecified atom stereocenters. The summed E-state index contributed by atoms with van der Waals surface area (Å²) in [6, 6.07) is 3.95. The van der Waals surface area contributed by atoms with Crippen LogP contribution < -0.4 is 5.32 Å². The Kier molecular flexibility index (Phi) is 6.71. The fraction of sp³-hybridized carbons (Fsp3) is 0.529. The van der Waals surface area contributed by atoms with Crippen LogP contribution in [-0.4, -0.2) is 50.3 Å². The maximum Gasteiger partial charge on any atom is 0.324 e. The van der Waals surface area contributed by atoms with Crippen molar-refractivity contribution in [1.82, 2.24) is 9.62 Å². The van der Waals surface area contributed by atoms with Gasteiger partial charge in [0.05, 0.1) is 0 Å². The molecule has 1 amide bonds. The normalized spacial score (nSPS) is 18.1. The molecule has 1 saturated heterocycles. The van der Waals surface area contributed by atoms with Crippen molar-refractivity contribution in [2.75, 3.05) is 19.7 Å². The van der Waals surface area contributed by atoms with Gasteiger partial charge in [-0.15, -0.1) is 0 Å². The van der Waals surface area contributed by atoms with Gasteiger partial charge < -0.3 is 10.1 Å². The summed E-state index contributed by atoms with van der Waals surface area (Å²) in [5, 5.41) is 2.61. The number of hydrogen-bond donors (Lipinski definition) is 1. The number of carbonyl (C=O) groups excluding carboxylic acids is 2. The minimum Gasteiger partial charge on any atom is -0.454 e. The molecule has 0 radical (unpaired) electrons. The number of ether oxygens (including phenoxy) is 1. The van der Waals surface area contributed by atoms with Crippen molar-refractivity contribution >= 4 is 21.9 Å². The zero-order valence-corrected chi connectivity index (χ0v) is 15.6. The van der Waals surface area contributed by atoms with E-state index in [1.54, 1.807) is 0 Å². The van der Waals surface area contributed by atoms with Crippen molar-refractivity contribution in [2.24, 2.45) is 5.92 Å². The lowest BCUT2D eigenvalue weighted by molar-refractivity contribution is -0.151. The highest BCUT2D eigenvalue weighted by Gasteiger charge is 2.41. The largest absolute Gasteiger partial charge is 0.454 e. The van der Waals surface area contributed by atoms with Gasteiger partial charge in [-0.1, -0.05) is 26.0 Å². The third-order valence-electron chi connectivity index (χ3n) is 3.95. The lowest BCUT2D eigenvalue weighted by Gasteiger charge is -2.22. The maximum atomic E-state index is 13.9. The van der Waals surface area contributed by atoms with E-state index in [2.05, 4.69) is 5.32 Å². The highest BCUT2D eigenvalue weighted by molar-refractivity contribution is 7.89. The van der Waals surface area contributed by atoms with Crippen LogP contribution in [0.5, 0.6) is 0 Å². The Balaban J connectivity index is 2.04. The quantitative estimate of drug-likeness (QED) is 0.713. The SMILES string of the molecule is CC(C)CNC(=O)COC(=O)[C@@H]1CCCN1S(=O)(=O)c1ccccc1F. The van der Waals surface area contributed by atoms with Crippen LogP contribution in [0.3, 0.4) is 0 Å². The summed E-state index contributed by atoms with van der Waals surface area (Å²) in [6.07, 6.45) is 0.715. The molecule has 1 N–H and O–H groups in total. The Labute approximate surface area is 152 Å². The zero-order valence-electron chi connectivity index (χ0n) is 14.8. The van der Waals surface area contributed by atoms with E-state index in [0.29, 0.717) is 13.0 Å². The Morgan fingerprint density at radius 2 is 2.04 bits per heavy atom. The molecule has 0 bridgehead atoms. The summed E-state index contributed by atoms with van der Waals surface area (Å²) < 4.78 is 45.2. The molecule has 1 aliphatic rings. The minimum atomic E-state index is -4.17. The standard InChI is InChI=1S/C17H23FN2O5S/c1-12(2)10-19-16(21)11-25-17(22)14-7-5-9-20(14)26(23,24)15-8-4-3-6-13(15)18/h3-4,6,8,12,14H,5,7,9-11H2,1-2H3,(H,19,21)/t14-/m0/s1. The van der Waals surface area contributed by atoms with E-state index in [4.69, 9.17) is 4.74 Å². The Morgan fingerprint density at radius 1 is 1.35 bits per heavy atom. The number of carbonyl (C=O) groups is 2. The van der Waals surface area contributed by atoms with E-state index in [-0.39, 0.29) is 18.9 Å². The predicted octanol–water partition coefficient (Wildman–Crippen LogP) is 1.29. The van der Waals surface area contributed by atoms with E-state index in [1.165, 1.54) is 12.1 Å². The smallest absolute Gasteiger partial charge is 0.324 e. The highest BCUT2D eigenvalue weighted by atomic mass is 32.2. The van der Waals surface area contributed by atoms with Gasteiger partial charge in [-0.2, -0.15) is 4.31 Å². The van der Waals surface area contributed by atoms with Crippen molar-refractivity contribution in [1.29, 1.82) is 0 Å². The molecule has 7 nitrogen and oxygen atoms in total. The molecule has 2 rings (SSSR count). The number of rotatable bonds is 7. The van der Waals surface area contributed by atoms with Crippen molar-refractivity contribution < 1.29 is 27.1 Å². The third kappa shape index (κ3) is 4.79. The lowest BCUT2D eigenvalue weighted by Crippen LogP contribution is -2.42. The Morgan fingerprint density at radius 3 is 2.69 bits per heavy atom. The number of sulfonamides is 1. The first-order chi connectivity index (χ1) is 12.2. The second kappa shape index (κ2) is 8.59.